The fourth-order valence-corrected chi connectivity index (χ4v) is 3.11. The first-order chi connectivity index (χ1) is 8.91. The Morgan fingerprint density at radius 2 is 2.16 bits per heavy atom. The van der Waals surface area contributed by atoms with Crippen molar-refractivity contribution < 1.29 is 17.9 Å². The first-order valence-corrected chi connectivity index (χ1v) is 6.69. The second-order valence-corrected chi connectivity index (χ2v) is 5.62. The third kappa shape index (κ3) is 3.23. The molecule has 1 fully saturated rings. The maximum Gasteiger partial charge on any atom is 0.416 e. The van der Waals surface area contributed by atoms with E-state index in [0.717, 1.165) is 18.6 Å². The highest BCUT2D eigenvalue weighted by molar-refractivity contribution is 8.00. The van der Waals surface area contributed by atoms with Crippen LogP contribution in [0.4, 0.5) is 13.2 Å². The second-order valence-electron chi connectivity index (χ2n) is 4.34. The Balaban J connectivity index is 2.24. The van der Waals surface area contributed by atoms with Crippen LogP contribution in [-0.2, 0) is 10.9 Å². The van der Waals surface area contributed by atoms with Gasteiger partial charge in [0, 0.05) is 16.8 Å². The molecule has 0 bridgehead atoms. The second kappa shape index (κ2) is 5.43. The van der Waals surface area contributed by atoms with Gasteiger partial charge in [0.15, 0.2) is 0 Å². The lowest BCUT2D eigenvalue weighted by molar-refractivity contribution is -0.137. The van der Waals surface area contributed by atoms with Gasteiger partial charge < -0.3 is 4.74 Å². The number of ether oxygens (including phenoxy) is 1. The maximum absolute atomic E-state index is 12.6. The predicted octanol–water partition coefficient (Wildman–Crippen LogP) is 3.85. The molecular formula is C13H12F3NOS. The average molecular weight is 287 g/mol. The molecule has 0 aromatic heterocycles. The quantitative estimate of drug-likeness (QED) is 0.828. The molecule has 1 aliphatic heterocycles. The third-order valence-electron chi connectivity index (χ3n) is 3.01. The molecule has 6 heteroatoms. The minimum atomic E-state index is -4.42. The van der Waals surface area contributed by atoms with Gasteiger partial charge in [-0.05, 0) is 31.5 Å². The summed E-state index contributed by atoms with van der Waals surface area (Å²) >= 11 is 1.41. The summed E-state index contributed by atoms with van der Waals surface area (Å²) in [7, 11) is 0. The molecule has 102 valence electrons. The van der Waals surface area contributed by atoms with Crippen molar-refractivity contribution in [2.24, 2.45) is 0 Å². The number of nitriles is 1. The fourth-order valence-electron chi connectivity index (χ4n) is 1.93. The van der Waals surface area contributed by atoms with Gasteiger partial charge in [0.05, 0.1) is 17.2 Å². The van der Waals surface area contributed by atoms with E-state index in [1.54, 1.807) is 0 Å². The van der Waals surface area contributed by atoms with Crippen LogP contribution in [0.2, 0.25) is 0 Å². The molecule has 2 unspecified atom stereocenters. The molecular weight excluding hydrogens is 275 g/mol. The van der Waals surface area contributed by atoms with Gasteiger partial charge in [-0.3, -0.25) is 0 Å². The normalized spacial score (nSPS) is 23.3. The molecule has 2 nitrogen and oxygen atoms in total. The van der Waals surface area contributed by atoms with E-state index >= 15 is 0 Å². The van der Waals surface area contributed by atoms with Crippen molar-refractivity contribution in [3.63, 3.8) is 0 Å². The van der Waals surface area contributed by atoms with E-state index in [9.17, 15) is 13.2 Å². The number of rotatable bonds is 2. The molecule has 0 saturated carbocycles. The number of hydrogen-bond donors (Lipinski definition) is 0. The summed E-state index contributed by atoms with van der Waals surface area (Å²) in [6, 6.07) is 5.13. The summed E-state index contributed by atoms with van der Waals surface area (Å²) in [4.78, 5) is 0.581. The van der Waals surface area contributed by atoms with Gasteiger partial charge in [-0.2, -0.15) is 18.4 Å². The Kier molecular flexibility index (Phi) is 4.07. The lowest BCUT2D eigenvalue weighted by atomic mass is 10.1. The van der Waals surface area contributed by atoms with E-state index in [1.807, 2.05) is 13.0 Å². The summed E-state index contributed by atoms with van der Waals surface area (Å²) < 4.78 is 43.1. The highest BCUT2D eigenvalue weighted by Crippen LogP contribution is 2.37. The van der Waals surface area contributed by atoms with Crippen molar-refractivity contribution in [2.45, 2.75) is 35.8 Å². The number of benzene rings is 1. The lowest BCUT2D eigenvalue weighted by Gasteiger charge is -2.15. The summed E-state index contributed by atoms with van der Waals surface area (Å²) in [5.74, 6) is 0. The summed E-state index contributed by atoms with van der Waals surface area (Å²) in [5.41, 5.74) is -0.719. The molecule has 0 amide bonds. The van der Waals surface area contributed by atoms with Gasteiger partial charge in [0.1, 0.15) is 6.07 Å². The van der Waals surface area contributed by atoms with Crippen molar-refractivity contribution >= 4 is 11.8 Å². The van der Waals surface area contributed by atoms with E-state index in [0.29, 0.717) is 11.5 Å². The van der Waals surface area contributed by atoms with Crippen molar-refractivity contribution in [1.82, 2.24) is 0 Å². The van der Waals surface area contributed by atoms with Crippen LogP contribution in [0.25, 0.3) is 0 Å². The Hall–Kier alpha value is -1.19. The zero-order valence-electron chi connectivity index (χ0n) is 10.2. The largest absolute Gasteiger partial charge is 0.416 e. The highest BCUT2D eigenvalue weighted by Gasteiger charge is 2.32. The number of thioether (sulfide) groups is 1. The van der Waals surface area contributed by atoms with E-state index < -0.39 is 11.7 Å². The van der Waals surface area contributed by atoms with Crippen molar-refractivity contribution in [3.8, 4) is 6.07 Å². The fraction of sp³-hybridized carbons (Fsp3) is 0.462. The first kappa shape index (κ1) is 14.2. The zero-order valence-corrected chi connectivity index (χ0v) is 11.0. The Morgan fingerprint density at radius 1 is 1.42 bits per heavy atom. The van der Waals surface area contributed by atoms with E-state index in [2.05, 4.69) is 0 Å². The number of halogens is 3. The molecule has 2 atom stereocenters. The topological polar surface area (TPSA) is 33.0 Å². The molecule has 1 heterocycles. The van der Waals surface area contributed by atoms with Crippen LogP contribution in [0.15, 0.2) is 23.1 Å². The van der Waals surface area contributed by atoms with Crippen LogP contribution in [0.1, 0.15) is 24.5 Å². The molecule has 1 aromatic carbocycles. The molecule has 0 spiro atoms. The van der Waals surface area contributed by atoms with Crippen LogP contribution < -0.4 is 0 Å². The highest BCUT2D eigenvalue weighted by atomic mass is 32.2. The van der Waals surface area contributed by atoms with E-state index in [-0.39, 0.29) is 16.9 Å². The lowest BCUT2D eigenvalue weighted by Crippen LogP contribution is -2.13. The molecule has 1 aromatic rings. The minimum absolute atomic E-state index is 0.0545. The molecule has 19 heavy (non-hydrogen) atoms. The van der Waals surface area contributed by atoms with E-state index in [4.69, 9.17) is 10.00 Å². The van der Waals surface area contributed by atoms with Crippen molar-refractivity contribution in [3.05, 3.63) is 29.3 Å². The van der Waals surface area contributed by atoms with Crippen LogP contribution in [0.3, 0.4) is 0 Å². The molecule has 1 saturated heterocycles. The van der Waals surface area contributed by atoms with Gasteiger partial charge in [-0.25, -0.2) is 0 Å². The Labute approximate surface area is 113 Å². The monoisotopic (exact) mass is 287 g/mol. The molecule has 1 aliphatic rings. The van der Waals surface area contributed by atoms with Crippen LogP contribution >= 0.6 is 11.8 Å². The smallest absolute Gasteiger partial charge is 0.377 e. The van der Waals surface area contributed by atoms with Gasteiger partial charge in [0.25, 0.3) is 0 Å². The standard InChI is InChI=1S/C13H12F3NOS/c1-8-11(4-5-18-8)19-12-3-2-10(13(14,15)16)6-9(12)7-17/h2-3,6,8,11H,4-5H2,1H3. The maximum atomic E-state index is 12.6. The van der Waals surface area contributed by atoms with Crippen LogP contribution in [-0.4, -0.2) is 18.0 Å². The third-order valence-corrected chi connectivity index (χ3v) is 4.54. The Bertz CT molecular complexity index is 510. The number of nitrogens with zero attached hydrogens (tertiary/aromatic N) is 1. The minimum Gasteiger partial charge on any atom is -0.377 e. The first-order valence-electron chi connectivity index (χ1n) is 5.81. The zero-order chi connectivity index (χ0) is 14.0. The van der Waals surface area contributed by atoms with Crippen LogP contribution in [0.5, 0.6) is 0 Å². The molecule has 0 radical (unpaired) electrons. The average Bonchev–Trinajstić information content (AvgIpc) is 2.74. The van der Waals surface area contributed by atoms with Gasteiger partial charge in [-0.15, -0.1) is 11.8 Å². The van der Waals surface area contributed by atoms with Gasteiger partial charge >= 0.3 is 6.18 Å². The Morgan fingerprint density at radius 3 is 2.68 bits per heavy atom. The van der Waals surface area contributed by atoms with E-state index in [1.165, 1.54) is 17.8 Å². The van der Waals surface area contributed by atoms with Crippen molar-refractivity contribution in [2.75, 3.05) is 6.61 Å². The summed E-state index contributed by atoms with van der Waals surface area (Å²) in [6.45, 7) is 2.59. The summed E-state index contributed by atoms with van der Waals surface area (Å²) in [5, 5.41) is 9.17. The molecule has 2 rings (SSSR count). The van der Waals surface area contributed by atoms with Crippen LogP contribution in [0, 0.1) is 11.3 Å². The van der Waals surface area contributed by atoms with Gasteiger partial charge in [0.2, 0.25) is 0 Å². The summed E-state index contributed by atoms with van der Waals surface area (Å²) in [6.07, 6.45) is -3.52. The van der Waals surface area contributed by atoms with Crippen molar-refractivity contribution in [1.29, 1.82) is 5.26 Å². The van der Waals surface area contributed by atoms with Gasteiger partial charge in [-0.1, -0.05) is 0 Å². The predicted molar refractivity (Wildman–Crippen MR) is 65.8 cm³/mol. The number of hydrogen-bond acceptors (Lipinski definition) is 3. The SMILES string of the molecule is CC1OCCC1Sc1ccc(C(F)(F)F)cc1C#N. The molecule has 0 N–H and O–H groups in total. The molecule has 0 aliphatic carbocycles. The number of alkyl halides is 3.